The number of halogens is 6. The van der Waals surface area contributed by atoms with Crippen molar-refractivity contribution >= 4 is 17.7 Å². The van der Waals surface area contributed by atoms with E-state index >= 15 is 0 Å². The van der Waals surface area contributed by atoms with Gasteiger partial charge in [0.05, 0.1) is 16.8 Å². The number of hydrogen-bond acceptors (Lipinski definition) is 6. The van der Waals surface area contributed by atoms with Crippen LogP contribution >= 0.6 is 0 Å². The molecule has 7 nitrogen and oxygen atoms in total. The summed E-state index contributed by atoms with van der Waals surface area (Å²) in [5.74, 6) is 0.173. The van der Waals surface area contributed by atoms with Crippen molar-refractivity contribution in [3.05, 3.63) is 70.3 Å². The minimum absolute atomic E-state index is 0.0883. The van der Waals surface area contributed by atoms with Gasteiger partial charge in [0.1, 0.15) is 11.4 Å². The molecule has 1 aromatic heterocycles. The number of nitrogens with one attached hydrogen (secondary N) is 1. The molecule has 3 heterocycles. The molecule has 1 N–H and O–H groups in total. The molecule has 2 aliphatic heterocycles. The summed E-state index contributed by atoms with van der Waals surface area (Å²) in [4.78, 5) is 29.4. The van der Waals surface area contributed by atoms with Crippen LogP contribution in [0.5, 0.6) is 0 Å². The van der Waals surface area contributed by atoms with Crippen molar-refractivity contribution < 1.29 is 31.1 Å². The van der Waals surface area contributed by atoms with Crippen molar-refractivity contribution in [2.45, 2.75) is 51.1 Å². The van der Waals surface area contributed by atoms with Crippen LogP contribution < -0.4 is 10.2 Å². The summed E-state index contributed by atoms with van der Waals surface area (Å²) in [5.41, 5.74) is -1.08. The Morgan fingerprint density at radius 2 is 1.57 bits per heavy atom. The second-order valence-corrected chi connectivity index (χ2v) is 11.5. The standard InChI is InChI=1S/C31H34F6N6O/c1-19-7-4-5-8-24(19)26-25-27(40-29(39-26)42-13-9-23(10-14-42)41(2)3)38-11-6-12-43(28(25)44)18-20-15-21(30(32,33)34)17-22(16-20)31(35,36)37/h4-5,7-8,15-17,23H,6,9-14,18H2,1-3H3,(H,38,39,40). The number of carbonyl (C=O) groups excluding carboxylic acids is 1. The van der Waals surface area contributed by atoms with Crippen LogP contribution in [0.4, 0.5) is 38.1 Å². The van der Waals surface area contributed by atoms with E-state index in [1.54, 1.807) is 0 Å². The molecule has 1 fully saturated rings. The van der Waals surface area contributed by atoms with Gasteiger partial charge in [-0.1, -0.05) is 24.3 Å². The van der Waals surface area contributed by atoms with E-state index < -0.39 is 35.9 Å². The van der Waals surface area contributed by atoms with Gasteiger partial charge in [0.2, 0.25) is 5.95 Å². The number of rotatable bonds is 5. The average molecular weight is 621 g/mol. The van der Waals surface area contributed by atoms with Gasteiger partial charge in [-0.2, -0.15) is 31.3 Å². The van der Waals surface area contributed by atoms with Crippen molar-refractivity contribution in [2.24, 2.45) is 0 Å². The number of amides is 1. The predicted molar refractivity (Wildman–Crippen MR) is 155 cm³/mol. The molecule has 1 saturated heterocycles. The van der Waals surface area contributed by atoms with Gasteiger partial charge in [-0.05, 0) is 69.6 Å². The summed E-state index contributed by atoms with van der Waals surface area (Å²) in [6.45, 7) is 3.36. The molecular weight excluding hydrogens is 586 g/mol. The van der Waals surface area contributed by atoms with Crippen LogP contribution in [0.2, 0.25) is 0 Å². The van der Waals surface area contributed by atoms with E-state index in [9.17, 15) is 31.1 Å². The molecule has 0 atom stereocenters. The summed E-state index contributed by atoms with van der Waals surface area (Å²) >= 11 is 0. The first-order valence-electron chi connectivity index (χ1n) is 14.4. The molecule has 0 radical (unpaired) electrons. The van der Waals surface area contributed by atoms with E-state index in [1.165, 1.54) is 4.90 Å². The highest BCUT2D eigenvalue weighted by atomic mass is 19.4. The zero-order valence-corrected chi connectivity index (χ0v) is 24.7. The normalized spacial score (nSPS) is 16.9. The highest BCUT2D eigenvalue weighted by molar-refractivity contribution is 6.05. The number of fused-ring (bicyclic) bond motifs is 1. The quantitative estimate of drug-likeness (QED) is 0.330. The van der Waals surface area contributed by atoms with E-state index in [0.29, 0.717) is 61.4 Å². The van der Waals surface area contributed by atoms with Crippen LogP contribution in [-0.2, 0) is 18.9 Å². The third kappa shape index (κ3) is 6.77. The van der Waals surface area contributed by atoms with Gasteiger partial charge in [-0.25, -0.2) is 4.98 Å². The van der Waals surface area contributed by atoms with E-state index in [2.05, 4.69) is 15.1 Å². The van der Waals surface area contributed by atoms with Gasteiger partial charge in [0.15, 0.2) is 0 Å². The fourth-order valence-electron chi connectivity index (χ4n) is 5.75. The topological polar surface area (TPSA) is 64.6 Å². The number of aromatic nitrogens is 2. The summed E-state index contributed by atoms with van der Waals surface area (Å²) in [6, 6.07) is 9.23. The molecular formula is C31H34F6N6O. The van der Waals surface area contributed by atoms with Crippen molar-refractivity contribution in [3.8, 4) is 11.3 Å². The van der Waals surface area contributed by atoms with Crippen LogP contribution in [0.3, 0.4) is 0 Å². The molecule has 0 bridgehead atoms. The SMILES string of the molecule is Cc1ccccc1-c1nc(N2CCC(N(C)C)CC2)nc2c1C(=O)N(Cc1cc(C(F)(F)F)cc(C(F)(F)F)c1)CCCN2. The maximum Gasteiger partial charge on any atom is 0.416 e. The minimum atomic E-state index is -4.99. The fraction of sp³-hybridized carbons (Fsp3) is 0.452. The number of piperidine rings is 1. The molecule has 1 amide bonds. The van der Waals surface area contributed by atoms with Crippen LogP contribution in [0.25, 0.3) is 11.3 Å². The maximum atomic E-state index is 14.2. The molecule has 5 rings (SSSR count). The Hall–Kier alpha value is -3.87. The van der Waals surface area contributed by atoms with E-state index in [0.717, 1.165) is 18.4 Å². The summed E-state index contributed by atoms with van der Waals surface area (Å²) in [7, 11) is 4.09. The Kier molecular flexibility index (Phi) is 8.79. The zero-order chi connectivity index (χ0) is 31.8. The number of nitrogens with zero attached hydrogens (tertiary/aromatic N) is 5. The summed E-state index contributed by atoms with van der Waals surface area (Å²) in [5, 5.41) is 3.24. The van der Waals surface area contributed by atoms with Gasteiger partial charge in [0.25, 0.3) is 5.91 Å². The zero-order valence-electron chi connectivity index (χ0n) is 24.7. The van der Waals surface area contributed by atoms with E-state index in [4.69, 9.17) is 9.97 Å². The number of aryl methyl sites for hydroxylation is 1. The van der Waals surface area contributed by atoms with Gasteiger partial charge in [-0.15, -0.1) is 0 Å². The van der Waals surface area contributed by atoms with Crippen molar-refractivity contribution in [2.75, 3.05) is 50.5 Å². The Labute approximate surface area is 251 Å². The fourth-order valence-corrected chi connectivity index (χ4v) is 5.75. The Morgan fingerprint density at radius 1 is 0.932 bits per heavy atom. The first-order valence-corrected chi connectivity index (χ1v) is 14.4. The lowest BCUT2D eigenvalue weighted by Crippen LogP contribution is -2.43. The van der Waals surface area contributed by atoms with E-state index in [-0.39, 0.29) is 29.6 Å². The second kappa shape index (κ2) is 12.3. The number of benzene rings is 2. The van der Waals surface area contributed by atoms with Gasteiger partial charge >= 0.3 is 12.4 Å². The van der Waals surface area contributed by atoms with Crippen molar-refractivity contribution in [3.63, 3.8) is 0 Å². The first-order chi connectivity index (χ1) is 20.7. The second-order valence-electron chi connectivity index (χ2n) is 11.5. The highest BCUT2D eigenvalue weighted by Gasteiger charge is 2.38. The number of carbonyl (C=O) groups is 1. The molecule has 3 aromatic rings. The van der Waals surface area contributed by atoms with Gasteiger partial charge in [-0.3, -0.25) is 4.79 Å². The third-order valence-corrected chi connectivity index (χ3v) is 8.19. The van der Waals surface area contributed by atoms with Crippen molar-refractivity contribution in [1.29, 1.82) is 0 Å². The molecule has 2 aliphatic rings. The highest BCUT2D eigenvalue weighted by Crippen LogP contribution is 2.38. The van der Waals surface area contributed by atoms with Gasteiger partial charge in [0, 0.05) is 44.3 Å². The van der Waals surface area contributed by atoms with E-state index in [1.807, 2.05) is 45.3 Å². The first kappa shape index (κ1) is 31.6. The lowest BCUT2D eigenvalue weighted by molar-refractivity contribution is -0.143. The third-order valence-electron chi connectivity index (χ3n) is 8.19. The average Bonchev–Trinajstić information content (AvgIpc) is 2.96. The Morgan fingerprint density at radius 3 is 2.16 bits per heavy atom. The van der Waals surface area contributed by atoms with Crippen LogP contribution in [0.15, 0.2) is 42.5 Å². The maximum absolute atomic E-state index is 14.2. The van der Waals surface area contributed by atoms with Gasteiger partial charge < -0.3 is 20.0 Å². The minimum Gasteiger partial charge on any atom is -0.369 e. The van der Waals surface area contributed by atoms with Crippen LogP contribution in [0.1, 0.15) is 51.9 Å². The predicted octanol–water partition coefficient (Wildman–Crippen LogP) is 6.48. The lowest BCUT2D eigenvalue weighted by atomic mass is 9.99. The van der Waals surface area contributed by atoms with Crippen LogP contribution in [-0.4, -0.2) is 72.0 Å². The van der Waals surface area contributed by atoms with Crippen molar-refractivity contribution in [1.82, 2.24) is 19.8 Å². The summed E-state index contributed by atoms with van der Waals surface area (Å²) < 4.78 is 81.4. The molecule has 0 aliphatic carbocycles. The smallest absolute Gasteiger partial charge is 0.369 e. The number of anilines is 2. The Bertz CT molecular complexity index is 1480. The molecule has 2 aromatic carbocycles. The lowest BCUT2D eigenvalue weighted by Gasteiger charge is -2.36. The molecule has 0 spiro atoms. The molecule has 13 heteroatoms. The molecule has 0 unspecified atom stereocenters. The number of alkyl halides is 6. The monoisotopic (exact) mass is 620 g/mol. The molecule has 0 saturated carbocycles. The summed E-state index contributed by atoms with van der Waals surface area (Å²) in [6.07, 6.45) is -7.76. The molecule has 236 valence electrons. The molecule has 44 heavy (non-hydrogen) atoms. The number of hydrogen-bond donors (Lipinski definition) is 1. The Balaban J connectivity index is 1.58. The van der Waals surface area contributed by atoms with Crippen LogP contribution in [0, 0.1) is 6.92 Å². The largest absolute Gasteiger partial charge is 0.416 e.